The number of ketones is 1. The van der Waals surface area contributed by atoms with Crippen molar-refractivity contribution in [2.24, 2.45) is 17.3 Å². The topological polar surface area (TPSA) is 135 Å². The number of carbonyl (C=O) groups is 2. The Morgan fingerprint density at radius 1 is 1.02 bits per heavy atom. The zero-order chi connectivity index (χ0) is 36.4. The van der Waals surface area contributed by atoms with Crippen LogP contribution in [0, 0.1) is 17.3 Å². The molecule has 10 rings (SSSR count). The Morgan fingerprint density at radius 3 is 2.68 bits per heavy atom. The minimum atomic E-state index is -1.00. The minimum Gasteiger partial charge on any atom is -0.469 e. The highest BCUT2D eigenvalue weighted by molar-refractivity contribution is 6.07. The molecule has 1 spiro atoms. The maximum atomic E-state index is 14.4. The lowest BCUT2D eigenvalue weighted by atomic mass is 9.71. The minimum absolute atomic E-state index is 0.0845. The van der Waals surface area contributed by atoms with E-state index < -0.39 is 29.0 Å². The van der Waals surface area contributed by atoms with E-state index in [0.29, 0.717) is 41.2 Å². The summed E-state index contributed by atoms with van der Waals surface area (Å²) < 4.78 is 20.6. The molecule has 10 nitrogen and oxygen atoms in total. The van der Waals surface area contributed by atoms with Crippen molar-refractivity contribution in [2.45, 2.75) is 78.0 Å². The molecule has 3 N–H and O–H groups in total. The zero-order valence-electron chi connectivity index (χ0n) is 30.4. The zero-order valence-corrected chi connectivity index (χ0v) is 30.4. The second-order valence-corrected chi connectivity index (χ2v) is 16.1. The molecular weight excluding hydrogens is 667 g/mol. The molecule has 3 aromatic carbocycles. The molecule has 0 saturated carbocycles. The van der Waals surface area contributed by atoms with Crippen LogP contribution in [0.2, 0.25) is 0 Å². The molecule has 53 heavy (non-hydrogen) atoms. The number of oxazole rings is 2. The Kier molecular flexibility index (Phi) is 6.76. The molecule has 6 aromatic rings. The third-order valence-corrected chi connectivity index (χ3v) is 12.0. The van der Waals surface area contributed by atoms with Gasteiger partial charge in [-0.1, -0.05) is 83.5 Å². The van der Waals surface area contributed by atoms with Gasteiger partial charge in [0.2, 0.25) is 17.7 Å². The summed E-state index contributed by atoms with van der Waals surface area (Å²) >= 11 is 0. The number of amides is 1. The maximum Gasteiger partial charge on any atom is 0.249 e. The van der Waals surface area contributed by atoms with E-state index in [2.05, 4.69) is 65.0 Å². The summed E-state index contributed by atoms with van der Waals surface area (Å²) in [4.78, 5) is 41.6. The molecule has 0 saturated heterocycles. The first-order valence-corrected chi connectivity index (χ1v) is 18.7. The van der Waals surface area contributed by atoms with Gasteiger partial charge in [-0.15, -0.1) is 0 Å². The van der Waals surface area contributed by atoms with Crippen LogP contribution in [-0.4, -0.2) is 32.9 Å². The summed E-state index contributed by atoms with van der Waals surface area (Å²) in [7, 11) is 0. The molecule has 2 unspecified atom stereocenters. The fraction of sp³-hybridized carbons (Fsp3) is 0.349. The third-order valence-electron chi connectivity index (χ3n) is 12.0. The van der Waals surface area contributed by atoms with E-state index in [4.69, 9.17) is 23.5 Å². The maximum absolute atomic E-state index is 14.4. The van der Waals surface area contributed by atoms with Crippen molar-refractivity contribution in [3.63, 3.8) is 0 Å². The molecule has 7 heterocycles. The Morgan fingerprint density at radius 2 is 1.85 bits per heavy atom. The van der Waals surface area contributed by atoms with E-state index in [0.717, 1.165) is 62.8 Å². The van der Waals surface area contributed by atoms with E-state index in [-0.39, 0.29) is 24.0 Å². The smallest absolute Gasteiger partial charge is 0.249 e. The number of rotatable bonds is 6. The number of nitrogens with zero attached hydrogens (tertiary/aromatic N) is 2. The molecule has 4 atom stereocenters. The molecule has 268 valence electrons. The molecule has 4 aliphatic rings. The van der Waals surface area contributed by atoms with Gasteiger partial charge < -0.3 is 29.2 Å². The second kappa shape index (κ2) is 11.2. The molecule has 0 fully saturated rings. The second-order valence-electron chi connectivity index (χ2n) is 16.1. The van der Waals surface area contributed by atoms with Crippen molar-refractivity contribution in [1.29, 1.82) is 0 Å². The number of hydrogen-bond acceptors (Lipinski definition) is 8. The van der Waals surface area contributed by atoms with Crippen LogP contribution in [0.15, 0.2) is 75.8 Å². The molecule has 10 bridgehead atoms. The number of Topliss-reactive ketones (excluding diaryl/α,β-unsaturated/α-hetero) is 1. The van der Waals surface area contributed by atoms with Gasteiger partial charge in [0.15, 0.2) is 23.4 Å². The highest BCUT2D eigenvalue weighted by Crippen LogP contribution is 2.61. The van der Waals surface area contributed by atoms with Crippen molar-refractivity contribution in [1.82, 2.24) is 20.3 Å². The Bertz CT molecular complexity index is 2500. The van der Waals surface area contributed by atoms with Gasteiger partial charge in [0.05, 0.1) is 6.20 Å². The SMILES string of the molecule is CCCC(C)(C)C(=O)CC1Cc2ccc3c(c2)[C@]24c5cccc(c5NC2O3)-c2cccc3[nH]cc(c23)-c2cnc(o2)-c2nc(oc24)[C@H](C(C)C)NC1=O. The van der Waals surface area contributed by atoms with Gasteiger partial charge in [0.1, 0.15) is 23.0 Å². The van der Waals surface area contributed by atoms with Crippen LogP contribution in [0.3, 0.4) is 0 Å². The highest BCUT2D eigenvalue weighted by Gasteiger charge is 2.61. The molecule has 0 radical (unpaired) electrons. The van der Waals surface area contributed by atoms with E-state index >= 15 is 0 Å². The summed E-state index contributed by atoms with van der Waals surface area (Å²) in [5.41, 5.74) is 6.61. The standard InChI is InChI=1S/C43H41N5O5/c1-6-15-42(4,5)32(49)18-23-16-22-13-14-30-28(17-22)43-27-11-7-10-25(35(27)48-41(43)52-30)24-9-8-12-29-33(24)26(19-44-29)31-20-45-39(51-31)36-37(43)53-40(47-36)34(21(2)3)46-38(23)50/h7-14,17,19-21,23,34,41,44,48H,6,15-16,18H2,1-5H3,(H,46,50)/t23?,34-,41?,43-/m0/s1. The van der Waals surface area contributed by atoms with Crippen LogP contribution >= 0.6 is 0 Å². The number of hydrogen-bond donors (Lipinski definition) is 3. The van der Waals surface area contributed by atoms with Crippen molar-refractivity contribution >= 4 is 28.3 Å². The van der Waals surface area contributed by atoms with Gasteiger partial charge >= 0.3 is 0 Å². The molecule has 4 aliphatic heterocycles. The van der Waals surface area contributed by atoms with E-state index in [1.807, 2.05) is 46.0 Å². The van der Waals surface area contributed by atoms with Crippen molar-refractivity contribution in [2.75, 3.05) is 5.32 Å². The van der Waals surface area contributed by atoms with Gasteiger partial charge in [0.25, 0.3) is 0 Å². The molecule has 1 amide bonds. The Labute approximate surface area is 306 Å². The molecule has 0 aliphatic carbocycles. The first-order valence-electron chi connectivity index (χ1n) is 18.7. The van der Waals surface area contributed by atoms with Crippen LogP contribution in [0.5, 0.6) is 5.75 Å². The number of H-pyrrole nitrogens is 1. The number of nitrogens with one attached hydrogen (secondary N) is 3. The van der Waals surface area contributed by atoms with Crippen molar-refractivity contribution < 1.29 is 23.2 Å². The Balaban J connectivity index is 1.26. The number of carbonyl (C=O) groups excluding carboxylic acids is 2. The van der Waals surface area contributed by atoms with Crippen molar-refractivity contribution in [3.05, 3.63) is 95.3 Å². The fourth-order valence-corrected chi connectivity index (χ4v) is 9.24. The average Bonchev–Trinajstić information content (AvgIpc) is 3.96. The number of anilines is 1. The fourth-order valence-electron chi connectivity index (χ4n) is 9.24. The number of ether oxygens (including phenoxy) is 1. The summed E-state index contributed by atoms with van der Waals surface area (Å²) in [6, 6.07) is 18.2. The number of para-hydroxylation sites is 1. The van der Waals surface area contributed by atoms with Gasteiger partial charge in [-0.25, -0.2) is 9.97 Å². The van der Waals surface area contributed by atoms with Gasteiger partial charge in [-0.3, -0.25) is 9.59 Å². The number of aromatic amines is 1. The van der Waals surface area contributed by atoms with Crippen LogP contribution in [0.4, 0.5) is 5.69 Å². The van der Waals surface area contributed by atoms with E-state index in [1.54, 1.807) is 6.20 Å². The number of fused-ring (bicyclic) bond motifs is 7. The van der Waals surface area contributed by atoms with Crippen LogP contribution in [-0.2, 0) is 21.4 Å². The van der Waals surface area contributed by atoms with Crippen LogP contribution in [0.25, 0.3) is 44.9 Å². The van der Waals surface area contributed by atoms with Gasteiger partial charge in [-0.05, 0) is 42.0 Å². The van der Waals surface area contributed by atoms with Crippen molar-refractivity contribution in [3.8, 4) is 39.8 Å². The lowest BCUT2D eigenvalue weighted by Crippen LogP contribution is -2.41. The van der Waals surface area contributed by atoms with Gasteiger partial charge in [0, 0.05) is 62.8 Å². The van der Waals surface area contributed by atoms with Gasteiger partial charge in [-0.2, -0.15) is 0 Å². The number of benzene rings is 3. The molecule has 10 heteroatoms. The third kappa shape index (κ3) is 4.44. The highest BCUT2D eigenvalue weighted by atomic mass is 16.5. The normalized spacial score (nSPS) is 22.1. The average molecular weight is 708 g/mol. The largest absolute Gasteiger partial charge is 0.469 e. The lowest BCUT2D eigenvalue weighted by molar-refractivity contribution is -0.134. The summed E-state index contributed by atoms with van der Waals surface area (Å²) in [5, 5.41) is 8.12. The summed E-state index contributed by atoms with van der Waals surface area (Å²) in [6.07, 6.45) is 5.27. The predicted molar refractivity (Wildman–Crippen MR) is 200 cm³/mol. The lowest BCUT2D eigenvalue weighted by Gasteiger charge is -2.29. The van der Waals surface area contributed by atoms with E-state index in [9.17, 15) is 9.59 Å². The first-order chi connectivity index (χ1) is 25.6. The monoisotopic (exact) mass is 707 g/mol. The first kappa shape index (κ1) is 32.0. The van der Waals surface area contributed by atoms with Crippen LogP contribution in [0.1, 0.15) is 88.3 Å². The Hall–Kier alpha value is -5.64. The van der Waals surface area contributed by atoms with Crippen LogP contribution < -0.4 is 15.4 Å². The molecular formula is C43H41N5O5. The summed E-state index contributed by atoms with van der Waals surface area (Å²) in [6.45, 7) is 10.1. The quantitative estimate of drug-likeness (QED) is 0.157. The predicted octanol–water partition coefficient (Wildman–Crippen LogP) is 8.71. The summed E-state index contributed by atoms with van der Waals surface area (Å²) in [5.74, 6) is 1.69. The number of aromatic nitrogens is 3. The molecule has 3 aromatic heterocycles. The van der Waals surface area contributed by atoms with E-state index in [1.165, 1.54) is 0 Å².